The number of nitrogen functional groups attached to an aromatic ring is 1. The molecule has 0 fully saturated rings. The monoisotopic (exact) mass is 207 g/mol. The Bertz CT molecular complexity index is 402. The van der Waals surface area contributed by atoms with E-state index in [1.54, 1.807) is 18.2 Å². The van der Waals surface area contributed by atoms with E-state index in [9.17, 15) is 9.59 Å². The average molecular weight is 207 g/mol. The van der Waals surface area contributed by atoms with Crippen LogP contribution in [-0.2, 0) is 9.59 Å². The maximum absolute atomic E-state index is 10.9. The summed E-state index contributed by atoms with van der Waals surface area (Å²) in [7, 11) is 0. The Morgan fingerprint density at radius 1 is 1.07 bits per heavy atom. The van der Waals surface area contributed by atoms with Gasteiger partial charge in [0.05, 0.1) is 11.4 Å². The van der Waals surface area contributed by atoms with Crippen molar-refractivity contribution >= 4 is 28.9 Å². The van der Waals surface area contributed by atoms with Gasteiger partial charge in [-0.3, -0.25) is 9.59 Å². The third kappa shape index (κ3) is 3.30. The van der Waals surface area contributed by atoms with E-state index >= 15 is 0 Å². The Hall–Kier alpha value is -2.04. The zero-order valence-corrected chi connectivity index (χ0v) is 8.63. The quantitative estimate of drug-likeness (QED) is 0.637. The van der Waals surface area contributed by atoms with E-state index in [1.807, 2.05) is 0 Å². The number of nitrogens with one attached hydrogen (secondary N) is 2. The molecule has 0 spiro atoms. The third-order valence-corrected chi connectivity index (χ3v) is 1.67. The van der Waals surface area contributed by atoms with Crippen molar-refractivity contribution in [1.82, 2.24) is 0 Å². The maximum atomic E-state index is 10.9. The Labute approximate surface area is 87.7 Å². The summed E-state index contributed by atoms with van der Waals surface area (Å²) in [6.07, 6.45) is 0. The minimum Gasteiger partial charge on any atom is -0.399 e. The molecule has 0 heterocycles. The van der Waals surface area contributed by atoms with Gasteiger partial charge in [-0.1, -0.05) is 0 Å². The van der Waals surface area contributed by atoms with Gasteiger partial charge < -0.3 is 16.4 Å². The van der Waals surface area contributed by atoms with Crippen molar-refractivity contribution in [3.63, 3.8) is 0 Å². The van der Waals surface area contributed by atoms with Gasteiger partial charge in [0.1, 0.15) is 0 Å². The number of carbonyl (C=O) groups excluding carboxylic acids is 2. The molecule has 80 valence electrons. The Kier molecular flexibility index (Phi) is 3.28. The summed E-state index contributed by atoms with van der Waals surface area (Å²) in [5.41, 5.74) is 7.12. The Balaban J connectivity index is 3.02. The van der Waals surface area contributed by atoms with E-state index in [1.165, 1.54) is 13.8 Å². The second-order valence-electron chi connectivity index (χ2n) is 3.17. The highest BCUT2D eigenvalue weighted by Gasteiger charge is 2.05. The number of rotatable bonds is 2. The van der Waals surface area contributed by atoms with Crippen LogP contribution in [0.2, 0.25) is 0 Å². The van der Waals surface area contributed by atoms with Gasteiger partial charge in [0.15, 0.2) is 0 Å². The number of anilines is 3. The lowest BCUT2D eigenvalue weighted by Crippen LogP contribution is -2.12. The normalized spacial score (nSPS) is 9.47. The van der Waals surface area contributed by atoms with Crippen LogP contribution in [0.1, 0.15) is 13.8 Å². The SMILES string of the molecule is CC(=O)Nc1ccc(N)cc1NC(C)=O. The summed E-state index contributed by atoms with van der Waals surface area (Å²) in [4.78, 5) is 21.8. The average Bonchev–Trinajstić information content (AvgIpc) is 2.08. The summed E-state index contributed by atoms with van der Waals surface area (Å²) in [5.74, 6) is -0.418. The second kappa shape index (κ2) is 4.45. The van der Waals surface area contributed by atoms with Crippen LogP contribution >= 0.6 is 0 Å². The van der Waals surface area contributed by atoms with Gasteiger partial charge in [-0.2, -0.15) is 0 Å². The fourth-order valence-corrected chi connectivity index (χ4v) is 1.15. The zero-order chi connectivity index (χ0) is 11.4. The Morgan fingerprint density at radius 3 is 2.13 bits per heavy atom. The molecular formula is C10H13N3O2. The van der Waals surface area contributed by atoms with Crippen molar-refractivity contribution in [3.05, 3.63) is 18.2 Å². The summed E-state index contributed by atoms with van der Waals surface area (Å²) in [6, 6.07) is 4.88. The van der Waals surface area contributed by atoms with Crippen molar-refractivity contribution in [2.75, 3.05) is 16.4 Å². The highest BCUT2D eigenvalue weighted by Crippen LogP contribution is 2.24. The fraction of sp³-hybridized carbons (Fsp3) is 0.200. The van der Waals surface area contributed by atoms with Gasteiger partial charge in [-0.05, 0) is 18.2 Å². The molecule has 4 N–H and O–H groups in total. The van der Waals surface area contributed by atoms with Crippen molar-refractivity contribution in [2.45, 2.75) is 13.8 Å². The van der Waals surface area contributed by atoms with Crippen LogP contribution in [0.15, 0.2) is 18.2 Å². The van der Waals surface area contributed by atoms with E-state index < -0.39 is 0 Å². The standard InChI is InChI=1S/C10H13N3O2/c1-6(14)12-9-4-3-8(11)5-10(9)13-7(2)15/h3-5H,11H2,1-2H3,(H,12,14)(H,13,15). The molecule has 1 rings (SSSR count). The first-order valence-electron chi connectivity index (χ1n) is 4.43. The van der Waals surface area contributed by atoms with Crippen LogP contribution < -0.4 is 16.4 Å². The molecule has 0 aliphatic heterocycles. The molecule has 0 aromatic heterocycles. The molecule has 0 aliphatic rings. The summed E-state index contributed by atoms with van der Waals surface area (Å²) in [6.45, 7) is 2.79. The van der Waals surface area contributed by atoms with Crippen molar-refractivity contribution in [3.8, 4) is 0 Å². The molecule has 0 atom stereocenters. The smallest absolute Gasteiger partial charge is 0.221 e. The minimum absolute atomic E-state index is 0.202. The van der Waals surface area contributed by atoms with Crippen LogP contribution in [0, 0.1) is 0 Å². The molecule has 0 bridgehead atoms. The van der Waals surface area contributed by atoms with Gasteiger partial charge in [0.25, 0.3) is 0 Å². The van der Waals surface area contributed by atoms with Gasteiger partial charge in [-0.25, -0.2) is 0 Å². The number of nitrogens with two attached hydrogens (primary N) is 1. The number of carbonyl (C=O) groups is 2. The lowest BCUT2D eigenvalue weighted by molar-refractivity contribution is -0.115. The van der Waals surface area contributed by atoms with E-state index in [0.29, 0.717) is 17.1 Å². The van der Waals surface area contributed by atoms with E-state index in [2.05, 4.69) is 10.6 Å². The molecule has 5 heteroatoms. The molecular weight excluding hydrogens is 194 g/mol. The first-order chi connectivity index (χ1) is 6.99. The summed E-state index contributed by atoms with van der Waals surface area (Å²) >= 11 is 0. The summed E-state index contributed by atoms with van der Waals surface area (Å²) < 4.78 is 0. The molecule has 0 saturated carbocycles. The van der Waals surface area contributed by atoms with E-state index in [4.69, 9.17) is 5.73 Å². The number of amides is 2. The van der Waals surface area contributed by atoms with E-state index in [-0.39, 0.29) is 11.8 Å². The van der Waals surface area contributed by atoms with Crippen LogP contribution in [0.5, 0.6) is 0 Å². The van der Waals surface area contributed by atoms with Gasteiger partial charge in [-0.15, -0.1) is 0 Å². The number of benzene rings is 1. The lowest BCUT2D eigenvalue weighted by atomic mass is 10.2. The predicted molar refractivity (Wildman–Crippen MR) is 59.5 cm³/mol. The molecule has 15 heavy (non-hydrogen) atoms. The van der Waals surface area contributed by atoms with Gasteiger partial charge in [0.2, 0.25) is 11.8 Å². The van der Waals surface area contributed by atoms with Gasteiger partial charge >= 0.3 is 0 Å². The van der Waals surface area contributed by atoms with Crippen LogP contribution in [0.4, 0.5) is 17.1 Å². The van der Waals surface area contributed by atoms with Crippen LogP contribution in [0.3, 0.4) is 0 Å². The summed E-state index contributed by atoms with van der Waals surface area (Å²) in [5, 5.41) is 5.18. The number of hydrogen-bond donors (Lipinski definition) is 3. The highest BCUT2D eigenvalue weighted by molar-refractivity contribution is 5.98. The first kappa shape index (κ1) is 11.0. The largest absolute Gasteiger partial charge is 0.399 e. The van der Waals surface area contributed by atoms with Crippen molar-refractivity contribution < 1.29 is 9.59 Å². The fourth-order valence-electron chi connectivity index (χ4n) is 1.15. The molecule has 1 aromatic rings. The van der Waals surface area contributed by atoms with Crippen LogP contribution in [-0.4, -0.2) is 11.8 Å². The topological polar surface area (TPSA) is 84.2 Å². The molecule has 0 saturated heterocycles. The number of hydrogen-bond acceptors (Lipinski definition) is 3. The van der Waals surface area contributed by atoms with Crippen molar-refractivity contribution in [2.24, 2.45) is 0 Å². The zero-order valence-electron chi connectivity index (χ0n) is 8.63. The third-order valence-electron chi connectivity index (χ3n) is 1.67. The first-order valence-corrected chi connectivity index (χ1v) is 4.43. The van der Waals surface area contributed by atoms with E-state index in [0.717, 1.165) is 0 Å². The Morgan fingerprint density at radius 2 is 1.60 bits per heavy atom. The van der Waals surface area contributed by atoms with Crippen molar-refractivity contribution in [1.29, 1.82) is 0 Å². The highest BCUT2D eigenvalue weighted by atomic mass is 16.2. The molecule has 1 aromatic carbocycles. The molecule has 0 unspecified atom stereocenters. The molecule has 2 amide bonds. The van der Waals surface area contributed by atoms with Crippen LogP contribution in [0.25, 0.3) is 0 Å². The molecule has 0 radical (unpaired) electrons. The molecule has 5 nitrogen and oxygen atoms in total. The second-order valence-corrected chi connectivity index (χ2v) is 3.17. The maximum Gasteiger partial charge on any atom is 0.221 e. The lowest BCUT2D eigenvalue weighted by Gasteiger charge is -2.10. The molecule has 0 aliphatic carbocycles. The predicted octanol–water partition coefficient (Wildman–Crippen LogP) is 1.19. The van der Waals surface area contributed by atoms with Gasteiger partial charge in [0, 0.05) is 19.5 Å². The minimum atomic E-state index is -0.216.